The van der Waals surface area contributed by atoms with Crippen molar-refractivity contribution < 1.29 is 23.5 Å². The lowest BCUT2D eigenvalue weighted by molar-refractivity contribution is -0.145. The number of hydrogen-bond donors (Lipinski definition) is 1. The summed E-state index contributed by atoms with van der Waals surface area (Å²) in [6, 6.07) is 8.25. The number of ether oxygens (including phenoxy) is 3. The van der Waals surface area contributed by atoms with Crippen molar-refractivity contribution in [1.29, 1.82) is 0 Å². The maximum absolute atomic E-state index is 12.3. The highest BCUT2D eigenvalue weighted by Crippen LogP contribution is 2.38. The molecule has 5 heterocycles. The molecule has 0 amide bonds. The first-order chi connectivity index (χ1) is 19.8. The molecule has 13 heteroatoms. The lowest BCUT2D eigenvalue weighted by Gasteiger charge is -2.43. The number of hydrogen-bond acceptors (Lipinski definition) is 12. The van der Waals surface area contributed by atoms with Gasteiger partial charge in [0.1, 0.15) is 5.92 Å². The normalized spacial score (nSPS) is 19.7. The molecule has 2 saturated heterocycles. The molecule has 220 valence electrons. The fourth-order valence-electron chi connectivity index (χ4n) is 5.77. The van der Waals surface area contributed by atoms with Gasteiger partial charge in [0.2, 0.25) is 5.88 Å². The second kappa shape index (κ2) is 12.9. The van der Waals surface area contributed by atoms with Crippen molar-refractivity contribution in [3.8, 4) is 5.88 Å². The SMILES string of the molecule is COC(=O)C(c1cc(C)no1)[C@@H](C)COCCCOc1cc(N2C3CCC2CN(c2cc(Cl)nnc2N)C3)ccn1. The fourth-order valence-corrected chi connectivity index (χ4v) is 5.91. The van der Waals surface area contributed by atoms with E-state index >= 15 is 0 Å². The minimum atomic E-state index is -0.571. The van der Waals surface area contributed by atoms with Crippen molar-refractivity contribution in [3.63, 3.8) is 0 Å². The van der Waals surface area contributed by atoms with Crippen LogP contribution in [0.1, 0.15) is 43.6 Å². The number of anilines is 3. The van der Waals surface area contributed by atoms with Crippen LogP contribution in [0.3, 0.4) is 0 Å². The van der Waals surface area contributed by atoms with Crippen LogP contribution in [-0.2, 0) is 14.3 Å². The fraction of sp³-hybridized carbons (Fsp3) is 0.536. The summed E-state index contributed by atoms with van der Waals surface area (Å²) in [7, 11) is 1.37. The van der Waals surface area contributed by atoms with Crippen LogP contribution in [-0.4, -0.2) is 78.4 Å². The van der Waals surface area contributed by atoms with E-state index in [1.165, 1.54) is 7.11 Å². The zero-order chi connectivity index (χ0) is 28.9. The Bertz CT molecular complexity index is 1330. The second-order valence-electron chi connectivity index (χ2n) is 10.6. The highest BCUT2D eigenvalue weighted by molar-refractivity contribution is 6.29. The van der Waals surface area contributed by atoms with E-state index in [0.717, 1.165) is 37.3 Å². The smallest absolute Gasteiger partial charge is 0.316 e. The number of nitrogens with two attached hydrogens (primary N) is 1. The third-order valence-corrected chi connectivity index (χ3v) is 7.84. The average Bonchev–Trinajstić information content (AvgIpc) is 3.51. The van der Waals surface area contributed by atoms with Gasteiger partial charge >= 0.3 is 5.97 Å². The Morgan fingerprint density at radius 2 is 1.98 bits per heavy atom. The first kappa shape index (κ1) is 28.9. The second-order valence-corrected chi connectivity index (χ2v) is 11.0. The number of aryl methyl sites for hydroxylation is 1. The van der Waals surface area contributed by atoms with Crippen molar-refractivity contribution in [2.45, 2.75) is 51.1 Å². The Kier molecular flexibility index (Phi) is 9.09. The molecule has 2 N–H and O–H groups in total. The molecule has 2 fully saturated rings. The monoisotopic (exact) mass is 585 g/mol. The van der Waals surface area contributed by atoms with Crippen LogP contribution >= 0.6 is 11.6 Å². The Morgan fingerprint density at radius 1 is 1.20 bits per heavy atom. The first-order valence-electron chi connectivity index (χ1n) is 13.8. The number of aromatic nitrogens is 4. The molecule has 4 atom stereocenters. The van der Waals surface area contributed by atoms with Crippen LogP contribution in [0.2, 0.25) is 5.15 Å². The molecule has 3 aromatic rings. The van der Waals surface area contributed by atoms with Gasteiger partial charge < -0.3 is 34.3 Å². The van der Waals surface area contributed by atoms with Crippen LogP contribution in [0.4, 0.5) is 17.2 Å². The van der Waals surface area contributed by atoms with Gasteiger partial charge in [-0.3, -0.25) is 4.79 Å². The number of esters is 1. The molecule has 2 bridgehead atoms. The number of nitrogen functional groups attached to an aromatic ring is 1. The number of methoxy groups -OCH3 is 1. The number of carbonyl (C=O) groups is 1. The average molecular weight is 586 g/mol. The summed E-state index contributed by atoms with van der Waals surface area (Å²) >= 11 is 6.09. The van der Waals surface area contributed by atoms with E-state index in [1.54, 1.807) is 18.3 Å². The van der Waals surface area contributed by atoms with Gasteiger partial charge in [-0.2, -0.15) is 0 Å². The molecule has 12 nitrogen and oxygen atoms in total. The van der Waals surface area contributed by atoms with Crippen molar-refractivity contribution in [2.75, 3.05) is 55.6 Å². The molecule has 3 unspecified atom stereocenters. The van der Waals surface area contributed by atoms with Crippen LogP contribution in [0, 0.1) is 12.8 Å². The molecule has 3 aromatic heterocycles. The maximum Gasteiger partial charge on any atom is 0.316 e. The zero-order valence-electron chi connectivity index (χ0n) is 23.5. The molecule has 0 aromatic carbocycles. The van der Waals surface area contributed by atoms with Crippen LogP contribution < -0.4 is 20.3 Å². The molecule has 2 aliphatic heterocycles. The number of piperazine rings is 1. The van der Waals surface area contributed by atoms with Gasteiger partial charge in [0.05, 0.1) is 31.7 Å². The Morgan fingerprint density at radius 3 is 2.68 bits per heavy atom. The van der Waals surface area contributed by atoms with Crippen LogP contribution in [0.15, 0.2) is 35.0 Å². The van der Waals surface area contributed by atoms with Crippen molar-refractivity contribution in [1.82, 2.24) is 20.3 Å². The summed E-state index contributed by atoms with van der Waals surface area (Å²) < 4.78 is 22.1. The topological polar surface area (TPSA) is 142 Å². The third kappa shape index (κ3) is 6.65. The number of carbonyl (C=O) groups excluding carboxylic acids is 1. The first-order valence-corrected chi connectivity index (χ1v) is 14.2. The standard InChI is InChI=1S/C28H36ClN7O5/c1-17(26(28(37)38-3)23-11-18(2)34-41-23)16-39-9-4-10-40-25-12-19(7-8-31-25)36-20-5-6-21(36)15-35(14-20)22-13-24(29)32-33-27(22)30/h7-8,11-13,17,20-21,26H,4-6,9-10,14-16H2,1-3H3,(H2,30,33)/t17-,20?,21?,26?/m0/s1. The van der Waals surface area contributed by atoms with Crippen molar-refractivity contribution in [2.24, 2.45) is 5.92 Å². The van der Waals surface area contributed by atoms with Gasteiger partial charge in [0.15, 0.2) is 16.7 Å². The van der Waals surface area contributed by atoms with Gasteiger partial charge in [0, 0.05) is 74.2 Å². The molecule has 0 radical (unpaired) electrons. The zero-order valence-corrected chi connectivity index (χ0v) is 24.3. The van der Waals surface area contributed by atoms with E-state index in [9.17, 15) is 4.79 Å². The summed E-state index contributed by atoms with van der Waals surface area (Å²) in [4.78, 5) is 21.5. The molecule has 0 saturated carbocycles. The van der Waals surface area contributed by atoms with Gasteiger partial charge in [-0.1, -0.05) is 23.7 Å². The number of pyridine rings is 1. The predicted molar refractivity (Wildman–Crippen MR) is 153 cm³/mol. The number of rotatable bonds is 12. The summed E-state index contributed by atoms with van der Waals surface area (Å²) in [5, 5.41) is 12.1. The Hall–Kier alpha value is -3.64. The summed E-state index contributed by atoms with van der Waals surface area (Å²) in [5.74, 6) is 0.375. The molecule has 2 aliphatic rings. The van der Waals surface area contributed by atoms with E-state index in [-0.39, 0.29) is 11.9 Å². The molecule has 0 spiro atoms. The quantitative estimate of drug-likeness (QED) is 0.245. The molecule has 41 heavy (non-hydrogen) atoms. The minimum absolute atomic E-state index is 0.145. The van der Waals surface area contributed by atoms with Gasteiger partial charge in [0.25, 0.3) is 0 Å². The molecular weight excluding hydrogens is 550 g/mol. The molecule has 0 aliphatic carbocycles. The van der Waals surface area contributed by atoms with Crippen molar-refractivity contribution >= 4 is 34.8 Å². The number of halogens is 1. The molecular formula is C28H36ClN7O5. The van der Waals surface area contributed by atoms with E-state index in [0.29, 0.717) is 66.6 Å². The minimum Gasteiger partial charge on any atom is -0.478 e. The number of nitrogens with zero attached hydrogens (tertiary/aromatic N) is 6. The van der Waals surface area contributed by atoms with E-state index in [4.69, 9.17) is 36.1 Å². The summed E-state index contributed by atoms with van der Waals surface area (Å²) in [5.41, 5.74) is 8.75. The lowest BCUT2D eigenvalue weighted by atomic mass is 9.92. The predicted octanol–water partition coefficient (Wildman–Crippen LogP) is 3.64. The summed E-state index contributed by atoms with van der Waals surface area (Å²) in [6.45, 7) is 6.70. The van der Waals surface area contributed by atoms with E-state index in [1.807, 2.05) is 26.0 Å². The largest absolute Gasteiger partial charge is 0.478 e. The molecule has 5 rings (SSSR count). The lowest BCUT2D eigenvalue weighted by Crippen LogP contribution is -2.54. The maximum atomic E-state index is 12.3. The van der Waals surface area contributed by atoms with Crippen LogP contribution in [0.5, 0.6) is 5.88 Å². The van der Waals surface area contributed by atoms with Gasteiger partial charge in [-0.15, -0.1) is 10.2 Å². The van der Waals surface area contributed by atoms with Gasteiger partial charge in [-0.25, -0.2) is 4.98 Å². The Labute approximate surface area is 244 Å². The van der Waals surface area contributed by atoms with E-state index < -0.39 is 5.92 Å². The number of fused-ring (bicyclic) bond motifs is 2. The summed E-state index contributed by atoms with van der Waals surface area (Å²) in [6.07, 6.45) is 4.65. The highest BCUT2D eigenvalue weighted by Gasteiger charge is 2.41. The third-order valence-electron chi connectivity index (χ3n) is 7.65. The van der Waals surface area contributed by atoms with E-state index in [2.05, 4.69) is 30.1 Å². The Balaban J connectivity index is 1.09. The van der Waals surface area contributed by atoms with Gasteiger partial charge in [-0.05, 0) is 25.8 Å². The van der Waals surface area contributed by atoms with Crippen molar-refractivity contribution in [3.05, 3.63) is 47.1 Å². The highest BCUT2D eigenvalue weighted by atomic mass is 35.5. The van der Waals surface area contributed by atoms with Crippen LogP contribution in [0.25, 0.3) is 0 Å².